The van der Waals surface area contributed by atoms with Crippen LogP contribution >= 0.6 is 23.1 Å². The highest BCUT2D eigenvalue weighted by molar-refractivity contribution is 7.99. The molecule has 106 valence electrons. The van der Waals surface area contributed by atoms with Crippen molar-refractivity contribution in [2.45, 2.75) is 31.3 Å². The zero-order valence-corrected chi connectivity index (χ0v) is 13.1. The molecule has 0 aliphatic rings. The molecule has 0 spiro atoms. The molecule has 2 aromatic rings. The van der Waals surface area contributed by atoms with Gasteiger partial charge in [0.25, 0.3) is 0 Å². The maximum atomic E-state index is 11.0. The number of carboxylic acid groups (broad SMARTS) is 1. The van der Waals surface area contributed by atoms with Crippen molar-refractivity contribution in [1.29, 1.82) is 0 Å². The van der Waals surface area contributed by atoms with Crippen LogP contribution in [-0.2, 0) is 5.75 Å². The molecule has 1 N–H and O–H groups in total. The fraction of sp³-hybridized carbons (Fsp3) is 0.333. The van der Waals surface area contributed by atoms with Crippen LogP contribution in [0.3, 0.4) is 0 Å². The monoisotopic (exact) mass is 307 g/mol. The normalized spacial score (nSPS) is 12.3. The third-order valence-electron chi connectivity index (χ3n) is 3.02. The van der Waals surface area contributed by atoms with E-state index in [2.05, 4.69) is 18.8 Å². The molecule has 1 atom stereocenters. The van der Waals surface area contributed by atoms with Gasteiger partial charge < -0.3 is 5.11 Å². The van der Waals surface area contributed by atoms with Crippen molar-refractivity contribution in [1.82, 2.24) is 4.98 Å². The number of thiazole rings is 1. The molecule has 0 aliphatic heterocycles. The molecule has 0 saturated carbocycles. The minimum Gasteiger partial charge on any atom is -0.478 e. The van der Waals surface area contributed by atoms with Crippen molar-refractivity contribution in [2.24, 2.45) is 0 Å². The first-order chi connectivity index (χ1) is 9.60. The second-order valence-electron chi connectivity index (χ2n) is 4.54. The molecule has 0 fully saturated rings. The summed E-state index contributed by atoms with van der Waals surface area (Å²) >= 11 is 3.53. The van der Waals surface area contributed by atoms with Crippen LogP contribution in [0.2, 0.25) is 0 Å². The van der Waals surface area contributed by atoms with E-state index in [0.29, 0.717) is 10.8 Å². The number of hydrogen-bond acceptors (Lipinski definition) is 4. The number of carbonyl (C=O) groups is 1. The van der Waals surface area contributed by atoms with E-state index in [1.165, 1.54) is 0 Å². The summed E-state index contributed by atoms with van der Waals surface area (Å²) in [6.07, 6.45) is 1.16. The van der Waals surface area contributed by atoms with Crippen LogP contribution in [0.4, 0.5) is 0 Å². The van der Waals surface area contributed by atoms with E-state index >= 15 is 0 Å². The lowest BCUT2D eigenvalue weighted by Gasteiger charge is -2.05. The summed E-state index contributed by atoms with van der Waals surface area (Å²) in [7, 11) is 0. The van der Waals surface area contributed by atoms with E-state index in [0.717, 1.165) is 28.4 Å². The van der Waals surface area contributed by atoms with Gasteiger partial charge in [-0.15, -0.1) is 11.3 Å². The molecule has 2 rings (SSSR count). The predicted molar refractivity (Wildman–Crippen MR) is 85.6 cm³/mol. The summed E-state index contributed by atoms with van der Waals surface area (Å²) in [4.78, 5) is 15.6. The Bertz CT molecular complexity index is 595. The molecule has 0 saturated heterocycles. The number of carboxylic acids is 1. The molecule has 0 bridgehead atoms. The van der Waals surface area contributed by atoms with Gasteiger partial charge in [-0.05, 0) is 18.6 Å². The summed E-state index contributed by atoms with van der Waals surface area (Å²) in [5.74, 6) is 0.00722. The van der Waals surface area contributed by atoms with Gasteiger partial charge in [0, 0.05) is 21.9 Å². The van der Waals surface area contributed by atoms with E-state index in [-0.39, 0.29) is 0 Å². The van der Waals surface area contributed by atoms with Crippen molar-refractivity contribution in [3.63, 3.8) is 0 Å². The SMILES string of the molecule is CCC(C)SCc1nc(-c2cccc(C(=O)O)c2)cs1. The quantitative estimate of drug-likeness (QED) is 0.851. The molecule has 1 heterocycles. The lowest BCUT2D eigenvalue weighted by molar-refractivity contribution is 0.0697. The highest BCUT2D eigenvalue weighted by atomic mass is 32.2. The van der Waals surface area contributed by atoms with Crippen LogP contribution in [-0.4, -0.2) is 21.3 Å². The number of aromatic carboxylic acids is 1. The van der Waals surface area contributed by atoms with Crippen molar-refractivity contribution in [2.75, 3.05) is 0 Å². The van der Waals surface area contributed by atoms with Crippen molar-refractivity contribution in [3.8, 4) is 11.3 Å². The maximum absolute atomic E-state index is 11.0. The first kappa shape index (κ1) is 15.1. The average Bonchev–Trinajstić information content (AvgIpc) is 2.93. The molecule has 1 aromatic carbocycles. The number of hydrogen-bond donors (Lipinski definition) is 1. The molecule has 3 nitrogen and oxygen atoms in total. The number of benzene rings is 1. The van der Waals surface area contributed by atoms with Crippen LogP contribution in [0.5, 0.6) is 0 Å². The van der Waals surface area contributed by atoms with Crippen molar-refractivity contribution < 1.29 is 9.90 Å². The summed E-state index contributed by atoms with van der Waals surface area (Å²) in [5, 5.41) is 12.7. The average molecular weight is 307 g/mol. The Balaban J connectivity index is 2.12. The minimum absolute atomic E-state index is 0.297. The zero-order chi connectivity index (χ0) is 14.5. The standard InChI is InChI=1S/C15H17NO2S2/c1-3-10(2)19-9-14-16-13(8-20-14)11-5-4-6-12(7-11)15(17)18/h4-8,10H,3,9H2,1-2H3,(H,17,18). The van der Waals surface area contributed by atoms with Gasteiger partial charge in [-0.3, -0.25) is 0 Å². The third kappa shape index (κ3) is 3.84. The fourth-order valence-electron chi connectivity index (χ4n) is 1.65. The largest absolute Gasteiger partial charge is 0.478 e. The minimum atomic E-state index is -0.908. The summed E-state index contributed by atoms with van der Waals surface area (Å²) in [6, 6.07) is 6.92. The van der Waals surface area contributed by atoms with E-state index in [4.69, 9.17) is 5.11 Å². The van der Waals surface area contributed by atoms with Gasteiger partial charge >= 0.3 is 5.97 Å². The first-order valence-corrected chi connectivity index (χ1v) is 8.42. The van der Waals surface area contributed by atoms with Crippen molar-refractivity contribution in [3.05, 3.63) is 40.2 Å². The topological polar surface area (TPSA) is 50.2 Å². The van der Waals surface area contributed by atoms with Gasteiger partial charge in [-0.2, -0.15) is 11.8 Å². The molecular weight excluding hydrogens is 290 g/mol. The molecular formula is C15H17NO2S2. The molecule has 0 amide bonds. The lowest BCUT2D eigenvalue weighted by atomic mass is 10.1. The molecule has 5 heteroatoms. The number of rotatable bonds is 6. The van der Waals surface area contributed by atoms with Gasteiger partial charge in [0.1, 0.15) is 5.01 Å². The van der Waals surface area contributed by atoms with Crippen molar-refractivity contribution >= 4 is 29.1 Å². The first-order valence-electron chi connectivity index (χ1n) is 6.50. The zero-order valence-electron chi connectivity index (χ0n) is 11.5. The van der Waals surface area contributed by atoms with E-state index in [9.17, 15) is 4.79 Å². The molecule has 1 unspecified atom stereocenters. The van der Waals surface area contributed by atoms with Gasteiger partial charge in [0.2, 0.25) is 0 Å². The Hall–Kier alpha value is -1.33. The fourth-order valence-corrected chi connectivity index (χ4v) is 3.44. The smallest absolute Gasteiger partial charge is 0.335 e. The van der Waals surface area contributed by atoms with Crippen LogP contribution in [0.15, 0.2) is 29.6 Å². The van der Waals surface area contributed by atoms with Crippen LogP contribution < -0.4 is 0 Å². The second kappa shape index (κ2) is 6.90. The van der Waals surface area contributed by atoms with E-state index in [1.54, 1.807) is 29.5 Å². The Kier molecular flexibility index (Phi) is 5.20. The number of aromatic nitrogens is 1. The number of thioether (sulfide) groups is 1. The molecule has 1 aromatic heterocycles. The second-order valence-corrected chi connectivity index (χ2v) is 6.91. The number of nitrogens with zero attached hydrogens (tertiary/aromatic N) is 1. The highest BCUT2D eigenvalue weighted by Crippen LogP contribution is 2.27. The Morgan fingerprint density at radius 3 is 3.00 bits per heavy atom. The van der Waals surface area contributed by atoms with Crippen LogP contribution in [0.25, 0.3) is 11.3 Å². The van der Waals surface area contributed by atoms with E-state index < -0.39 is 5.97 Å². The molecule has 20 heavy (non-hydrogen) atoms. The van der Waals surface area contributed by atoms with E-state index in [1.807, 2.05) is 23.2 Å². The van der Waals surface area contributed by atoms with Gasteiger partial charge in [0.15, 0.2) is 0 Å². The molecule has 0 aliphatic carbocycles. The highest BCUT2D eigenvalue weighted by Gasteiger charge is 2.09. The predicted octanol–water partition coefficient (Wildman–Crippen LogP) is 4.54. The summed E-state index contributed by atoms with van der Waals surface area (Å²) in [6.45, 7) is 4.40. The lowest BCUT2D eigenvalue weighted by Crippen LogP contribution is -1.96. The molecule has 0 radical (unpaired) electrons. The summed E-state index contributed by atoms with van der Waals surface area (Å²) in [5.41, 5.74) is 2.02. The Morgan fingerprint density at radius 2 is 2.30 bits per heavy atom. The summed E-state index contributed by atoms with van der Waals surface area (Å²) < 4.78 is 0. The van der Waals surface area contributed by atoms with Crippen LogP contribution in [0.1, 0.15) is 35.6 Å². The Morgan fingerprint density at radius 1 is 1.50 bits per heavy atom. The van der Waals surface area contributed by atoms with Gasteiger partial charge in [-0.25, -0.2) is 9.78 Å². The third-order valence-corrected chi connectivity index (χ3v) is 5.40. The van der Waals surface area contributed by atoms with Crippen LogP contribution in [0, 0.1) is 0 Å². The Labute approximate surface area is 127 Å². The maximum Gasteiger partial charge on any atom is 0.335 e. The van der Waals surface area contributed by atoms with Gasteiger partial charge in [-0.1, -0.05) is 26.0 Å². The van der Waals surface area contributed by atoms with Gasteiger partial charge in [0.05, 0.1) is 11.3 Å².